The summed E-state index contributed by atoms with van der Waals surface area (Å²) in [7, 11) is 0. The van der Waals surface area contributed by atoms with Crippen molar-refractivity contribution in [2.45, 2.75) is 89.9 Å². The molecule has 1 aromatic heterocycles. The van der Waals surface area contributed by atoms with Crippen LogP contribution >= 0.6 is 0 Å². The fourth-order valence-corrected chi connectivity index (χ4v) is 5.33. The van der Waals surface area contributed by atoms with E-state index in [0.29, 0.717) is 17.3 Å². The lowest BCUT2D eigenvalue weighted by Gasteiger charge is -2.31. The number of carboxylic acid groups (broad SMARTS) is 1. The fraction of sp³-hybridized carbons (Fsp3) is 0.548. The highest BCUT2D eigenvalue weighted by atomic mass is 16.5. The van der Waals surface area contributed by atoms with Crippen LogP contribution in [-0.4, -0.2) is 81.5 Å². The molecule has 2 heterocycles. The molecule has 240 valence electrons. The Kier molecular flexibility index (Phi) is 12.4. The number of aliphatic hydroxyl groups excluding tert-OH is 1. The second-order valence-corrected chi connectivity index (χ2v) is 11.3. The average Bonchev–Trinajstić information content (AvgIpc) is 3.44. The maximum atomic E-state index is 13.7. The lowest BCUT2D eigenvalue weighted by molar-refractivity contribution is -0.161. The smallest absolute Gasteiger partial charge is 0.331 e. The van der Waals surface area contributed by atoms with Crippen LogP contribution in [0, 0.1) is 11.8 Å². The van der Waals surface area contributed by atoms with Gasteiger partial charge in [-0.1, -0.05) is 64.7 Å². The summed E-state index contributed by atoms with van der Waals surface area (Å²) < 4.78 is 5.74. The topological polar surface area (TPSA) is 204 Å². The minimum Gasteiger partial charge on any atom is -0.481 e. The van der Waals surface area contributed by atoms with Gasteiger partial charge in [0.25, 0.3) is 5.91 Å². The highest BCUT2D eigenvalue weighted by Gasteiger charge is 2.40. The van der Waals surface area contributed by atoms with Crippen LogP contribution in [0.15, 0.2) is 30.5 Å². The molecule has 1 aliphatic rings. The average molecular weight is 615 g/mol. The minimum atomic E-state index is -1.89. The molecule has 3 amide bonds. The number of hydrogen-bond donors (Lipinski definition) is 6. The minimum absolute atomic E-state index is 0.0743. The second kappa shape index (κ2) is 16.0. The van der Waals surface area contributed by atoms with Gasteiger partial charge < -0.3 is 35.9 Å². The van der Waals surface area contributed by atoms with Gasteiger partial charge in [-0.05, 0) is 24.8 Å². The van der Waals surface area contributed by atoms with Gasteiger partial charge in [0.05, 0.1) is 12.5 Å². The summed E-state index contributed by atoms with van der Waals surface area (Å²) in [5, 5.41) is 27.0. The normalized spacial score (nSPS) is 24.1. The first-order valence-corrected chi connectivity index (χ1v) is 15.0. The van der Waals surface area contributed by atoms with Crippen LogP contribution in [0.2, 0.25) is 0 Å². The van der Waals surface area contributed by atoms with E-state index in [1.165, 1.54) is 13.1 Å². The van der Waals surface area contributed by atoms with Gasteiger partial charge in [-0.3, -0.25) is 24.0 Å². The predicted molar refractivity (Wildman–Crippen MR) is 159 cm³/mol. The molecule has 0 spiro atoms. The highest BCUT2D eigenvalue weighted by Crippen LogP contribution is 2.25. The van der Waals surface area contributed by atoms with Gasteiger partial charge in [0.1, 0.15) is 12.1 Å². The second-order valence-electron chi connectivity index (χ2n) is 11.3. The summed E-state index contributed by atoms with van der Waals surface area (Å²) in [5.74, 6) is -7.06. The molecule has 1 fully saturated rings. The Hall–Kier alpha value is -4.26. The maximum absolute atomic E-state index is 13.7. The fourth-order valence-electron chi connectivity index (χ4n) is 5.33. The number of ketones is 1. The van der Waals surface area contributed by atoms with Crippen molar-refractivity contribution in [3.05, 3.63) is 36.0 Å². The summed E-state index contributed by atoms with van der Waals surface area (Å²) >= 11 is 0. The number of esters is 1. The predicted octanol–water partition coefficient (Wildman–Crippen LogP) is 1.83. The van der Waals surface area contributed by atoms with E-state index in [1.54, 1.807) is 24.3 Å². The van der Waals surface area contributed by atoms with Gasteiger partial charge in [0, 0.05) is 29.1 Å². The standard InChI is InChI=1S/C31H42N4O9/c1-4-5-6-7-10-17(2)27-18(3)28(40)33-22(13-14-24(37)38)29(41)35-25(30(42)34-23(16-36)31(43)44-27)26(39)20-15-32-21-12-9-8-11-19(20)21/h8-9,11-12,15,17-18,22-23,25,27,32,36H,4-7,10,13-14,16H2,1-3H3,(H,33,40)(H,34,42)(H,35,41)(H,37,38)/t17-,18+,22-,23+,25+,27+/m1/s1. The zero-order valence-corrected chi connectivity index (χ0v) is 25.3. The molecule has 3 rings (SSSR count). The molecule has 44 heavy (non-hydrogen) atoms. The number of aliphatic hydroxyl groups is 1. The number of aromatic nitrogens is 1. The Morgan fingerprint density at radius 2 is 1.66 bits per heavy atom. The molecule has 0 unspecified atom stereocenters. The summed E-state index contributed by atoms with van der Waals surface area (Å²) in [6.45, 7) is 4.55. The van der Waals surface area contributed by atoms with Crippen molar-refractivity contribution in [2.24, 2.45) is 11.8 Å². The van der Waals surface area contributed by atoms with Crippen molar-refractivity contribution in [2.75, 3.05) is 6.61 Å². The van der Waals surface area contributed by atoms with E-state index >= 15 is 0 Å². The number of aromatic amines is 1. The third-order valence-corrected chi connectivity index (χ3v) is 7.96. The zero-order valence-electron chi connectivity index (χ0n) is 25.3. The number of cyclic esters (lactones) is 1. The van der Waals surface area contributed by atoms with Crippen molar-refractivity contribution in [3.63, 3.8) is 0 Å². The molecule has 1 saturated heterocycles. The molecule has 6 atom stereocenters. The van der Waals surface area contributed by atoms with E-state index in [0.717, 1.165) is 25.7 Å². The number of nitrogens with one attached hydrogen (secondary N) is 4. The van der Waals surface area contributed by atoms with E-state index in [-0.39, 0.29) is 17.9 Å². The number of Topliss-reactive ketones (excluding diaryl/α,β-unsaturated/α-hetero) is 1. The van der Waals surface area contributed by atoms with Crippen molar-refractivity contribution in [3.8, 4) is 0 Å². The number of rotatable bonds is 12. The van der Waals surface area contributed by atoms with Gasteiger partial charge in [0.2, 0.25) is 11.8 Å². The van der Waals surface area contributed by atoms with E-state index in [1.807, 2.05) is 6.92 Å². The van der Waals surface area contributed by atoms with Crippen LogP contribution in [0.1, 0.15) is 76.1 Å². The number of aliphatic carboxylic acids is 1. The number of carbonyl (C=O) groups is 6. The molecule has 0 aliphatic carbocycles. The lowest BCUT2D eigenvalue weighted by Crippen LogP contribution is -2.58. The van der Waals surface area contributed by atoms with Crippen LogP contribution in [-0.2, 0) is 28.7 Å². The third-order valence-electron chi connectivity index (χ3n) is 7.96. The van der Waals surface area contributed by atoms with Crippen LogP contribution < -0.4 is 16.0 Å². The number of carbonyl (C=O) groups excluding carboxylic acids is 5. The summed E-state index contributed by atoms with van der Waals surface area (Å²) in [6, 6.07) is 1.89. The Morgan fingerprint density at radius 1 is 0.955 bits per heavy atom. The number of unbranched alkanes of at least 4 members (excludes halogenated alkanes) is 3. The number of hydrogen-bond acceptors (Lipinski definition) is 8. The Morgan fingerprint density at radius 3 is 2.34 bits per heavy atom. The van der Waals surface area contributed by atoms with Gasteiger partial charge in [-0.15, -0.1) is 0 Å². The molecule has 0 radical (unpaired) electrons. The third kappa shape index (κ3) is 8.65. The molecule has 13 nitrogen and oxygen atoms in total. The number of amides is 3. The summed E-state index contributed by atoms with van der Waals surface area (Å²) in [5.41, 5.74) is 0.671. The SMILES string of the molecule is CCCCCC[C@@H](C)[C@@H]1OC(=O)[C@H](CO)NC(=O)[C@H](C(=O)c2c[nH]c3ccccc23)NC(=O)[C@@H](CCC(=O)O)NC(=O)[C@H]1C. The largest absolute Gasteiger partial charge is 0.481 e. The summed E-state index contributed by atoms with van der Waals surface area (Å²) in [4.78, 5) is 81.7. The molecule has 1 aromatic carbocycles. The van der Waals surface area contributed by atoms with Crippen LogP contribution in [0.5, 0.6) is 0 Å². The van der Waals surface area contributed by atoms with Crippen LogP contribution in [0.3, 0.4) is 0 Å². The van der Waals surface area contributed by atoms with Gasteiger partial charge in [-0.25, -0.2) is 4.79 Å². The number of H-pyrrole nitrogens is 1. The Balaban J connectivity index is 2.00. The first kappa shape index (κ1) is 34.2. The van der Waals surface area contributed by atoms with E-state index in [4.69, 9.17) is 4.74 Å². The number of benzene rings is 1. The number of ether oxygens (including phenoxy) is 1. The van der Waals surface area contributed by atoms with Crippen molar-refractivity contribution < 1.29 is 43.7 Å². The number of para-hydroxylation sites is 1. The Labute approximate surface area is 255 Å². The molecular formula is C31H42N4O9. The first-order valence-electron chi connectivity index (χ1n) is 15.0. The van der Waals surface area contributed by atoms with Gasteiger partial charge in [-0.2, -0.15) is 0 Å². The summed E-state index contributed by atoms with van der Waals surface area (Å²) in [6.07, 6.45) is 4.00. The van der Waals surface area contributed by atoms with Crippen LogP contribution in [0.25, 0.3) is 10.9 Å². The molecule has 0 saturated carbocycles. The van der Waals surface area contributed by atoms with E-state index in [9.17, 15) is 39.0 Å². The first-order chi connectivity index (χ1) is 21.0. The molecular weight excluding hydrogens is 572 g/mol. The highest BCUT2D eigenvalue weighted by molar-refractivity contribution is 6.20. The van der Waals surface area contributed by atoms with Crippen molar-refractivity contribution in [1.82, 2.24) is 20.9 Å². The van der Waals surface area contributed by atoms with Crippen molar-refractivity contribution in [1.29, 1.82) is 0 Å². The number of fused-ring (bicyclic) bond motifs is 1. The quantitative estimate of drug-likeness (QED) is 0.0892. The Bertz CT molecular complexity index is 1360. The lowest BCUT2D eigenvalue weighted by atomic mass is 9.88. The van der Waals surface area contributed by atoms with E-state index in [2.05, 4.69) is 27.9 Å². The molecule has 1 aliphatic heterocycles. The molecule has 2 aromatic rings. The molecule has 0 bridgehead atoms. The van der Waals surface area contributed by atoms with E-state index < -0.39 is 78.6 Å². The van der Waals surface area contributed by atoms with Crippen LogP contribution in [0.4, 0.5) is 0 Å². The molecule has 6 N–H and O–H groups in total. The van der Waals surface area contributed by atoms with Gasteiger partial charge >= 0.3 is 11.9 Å². The molecule has 13 heteroatoms. The monoisotopic (exact) mass is 614 g/mol. The zero-order chi connectivity index (χ0) is 32.4. The van der Waals surface area contributed by atoms with Gasteiger partial charge in [0.15, 0.2) is 17.9 Å². The van der Waals surface area contributed by atoms with Crippen molar-refractivity contribution >= 4 is 46.3 Å². The number of carboxylic acids is 1. The maximum Gasteiger partial charge on any atom is 0.331 e.